The molecule has 1 aliphatic rings. The largest absolute Gasteiger partial charge is 0.354 e. The highest BCUT2D eigenvalue weighted by molar-refractivity contribution is 5.98. The Kier molecular flexibility index (Phi) is 6.26. The van der Waals surface area contributed by atoms with Crippen molar-refractivity contribution in [2.24, 2.45) is 5.92 Å². The summed E-state index contributed by atoms with van der Waals surface area (Å²) in [6.45, 7) is 1.58. The second kappa shape index (κ2) is 9.43. The molecule has 6 heteroatoms. The molecule has 3 amide bonds. The van der Waals surface area contributed by atoms with Crippen LogP contribution in [0.5, 0.6) is 0 Å². The maximum atomic E-state index is 12.4. The second-order valence-corrected chi connectivity index (χ2v) is 7.77. The Morgan fingerprint density at radius 2 is 1.58 bits per heavy atom. The number of benzene rings is 3. The highest BCUT2D eigenvalue weighted by Crippen LogP contribution is 2.20. The van der Waals surface area contributed by atoms with Gasteiger partial charge >= 0.3 is 0 Å². The first-order valence-corrected chi connectivity index (χ1v) is 10.5. The van der Waals surface area contributed by atoms with Crippen molar-refractivity contribution in [3.63, 3.8) is 0 Å². The third-order valence-corrected chi connectivity index (χ3v) is 5.52. The fourth-order valence-electron chi connectivity index (χ4n) is 3.84. The van der Waals surface area contributed by atoms with Gasteiger partial charge in [-0.15, -0.1) is 0 Å². The molecule has 158 valence electrons. The van der Waals surface area contributed by atoms with E-state index in [0.29, 0.717) is 31.7 Å². The summed E-state index contributed by atoms with van der Waals surface area (Å²) in [5.41, 5.74) is 1.64. The lowest BCUT2D eigenvalue weighted by Crippen LogP contribution is -2.38. The minimum Gasteiger partial charge on any atom is -0.354 e. The van der Waals surface area contributed by atoms with Crippen LogP contribution in [0.2, 0.25) is 0 Å². The van der Waals surface area contributed by atoms with E-state index in [0.717, 1.165) is 16.3 Å². The predicted octanol–water partition coefficient (Wildman–Crippen LogP) is 2.73. The van der Waals surface area contributed by atoms with E-state index in [1.807, 2.05) is 66.7 Å². The van der Waals surface area contributed by atoms with Gasteiger partial charge in [-0.3, -0.25) is 14.4 Å². The van der Waals surface area contributed by atoms with Crippen molar-refractivity contribution in [1.29, 1.82) is 0 Å². The van der Waals surface area contributed by atoms with Gasteiger partial charge in [-0.05, 0) is 28.5 Å². The summed E-state index contributed by atoms with van der Waals surface area (Å²) in [6, 6.07) is 23.2. The normalized spacial score (nSPS) is 15.8. The molecule has 2 N–H and O–H groups in total. The lowest BCUT2D eigenvalue weighted by Gasteiger charge is -2.16. The monoisotopic (exact) mass is 415 g/mol. The molecule has 1 saturated heterocycles. The maximum absolute atomic E-state index is 12.4. The summed E-state index contributed by atoms with van der Waals surface area (Å²) in [5.74, 6) is -0.685. The van der Waals surface area contributed by atoms with Crippen LogP contribution < -0.4 is 10.6 Å². The zero-order valence-corrected chi connectivity index (χ0v) is 17.2. The molecule has 0 radical (unpaired) electrons. The van der Waals surface area contributed by atoms with Gasteiger partial charge in [-0.1, -0.05) is 60.7 Å². The van der Waals surface area contributed by atoms with E-state index in [4.69, 9.17) is 0 Å². The Morgan fingerprint density at radius 3 is 2.39 bits per heavy atom. The van der Waals surface area contributed by atoms with Gasteiger partial charge in [0.05, 0.1) is 5.92 Å². The van der Waals surface area contributed by atoms with Gasteiger partial charge < -0.3 is 15.5 Å². The van der Waals surface area contributed by atoms with Crippen LogP contribution in [0.4, 0.5) is 0 Å². The number of nitrogens with one attached hydrogen (secondary N) is 2. The van der Waals surface area contributed by atoms with Crippen molar-refractivity contribution >= 4 is 28.5 Å². The number of fused-ring (bicyclic) bond motifs is 1. The average molecular weight is 415 g/mol. The minimum atomic E-state index is -0.354. The fourth-order valence-corrected chi connectivity index (χ4v) is 3.84. The van der Waals surface area contributed by atoms with E-state index >= 15 is 0 Å². The summed E-state index contributed by atoms with van der Waals surface area (Å²) >= 11 is 0. The molecule has 3 aromatic rings. The second-order valence-electron chi connectivity index (χ2n) is 7.77. The quantitative estimate of drug-likeness (QED) is 0.583. The average Bonchev–Trinajstić information content (AvgIpc) is 3.17. The van der Waals surface area contributed by atoms with Crippen LogP contribution in [0.25, 0.3) is 10.8 Å². The Morgan fingerprint density at radius 1 is 0.871 bits per heavy atom. The van der Waals surface area contributed by atoms with Gasteiger partial charge in [-0.25, -0.2) is 0 Å². The predicted molar refractivity (Wildman–Crippen MR) is 119 cm³/mol. The van der Waals surface area contributed by atoms with Crippen LogP contribution in [-0.4, -0.2) is 42.3 Å². The fraction of sp³-hybridized carbons (Fsp3) is 0.240. The van der Waals surface area contributed by atoms with E-state index in [-0.39, 0.29) is 30.1 Å². The molecule has 6 nitrogen and oxygen atoms in total. The first-order chi connectivity index (χ1) is 15.1. The lowest BCUT2D eigenvalue weighted by molar-refractivity contribution is -0.129. The molecular formula is C25H25N3O3. The Labute approximate surface area is 181 Å². The number of hydrogen-bond acceptors (Lipinski definition) is 3. The van der Waals surface area contributed by atoms with Gasteiger partial charge in [-0.2, -0.15) is 0 Å². The zero-order valence-electron chi connectivity index (χ0n) is 17.2. The summed E-state index contributed by atoms with van der Waals surface area (Å²) in [4.78, 5) is 38.8. The van der Waals surface area contributed by atoms with Crippen molar-refractivity contribution in [2.45, 2.75) is 13.0 Å². The molecule has 0 aliphatic carbocycles. The molecule has 1 atom stereocenters. The van der Waals surface area contributed by atoms with Gasteiger partial charge in [0.15, 0.2) is 0 Å². The van der Waals surface area contributed by atoms with Crippen LogP contribution in [-0.2, 0) is 16.1 Å². The molecule has 0 bridgehead atoms. The first kappa shape index (κ1) is 20.6. The third-order valence-electron chi connectivity index (χ3n) is 5.52. The van der Waals surface area contributed by atoms with Crippen molar-refractivity contribution in [2.75, 3.05) is 19.6 Å². The van der Waals surface area contributed by atoms with Gasteiger partial charge in [0.2, 0.25) is 11.8 Å². The smallest absolute Gasteiger partial charge is 0.251 e. The number of carbonyl (C=O) groups is 3. The minimum absolute atomic E-state index is 0.00592. The number of amides is 3. The molecule has 1 fully saturated rings. The molecule has 31 heavy (non-hydrogen) atoms. The molecule has 1 heterocycles. The lowest BCUT2D eigenvalue weighted by atomic mass is 10.1. The molecule has 0 saturated carbocycles. The Bertz CT molecular complexity index is 1100. The summed E-state index contributed by atoms with van der Waals surface area (Å²) in [6.07, 6.45) is 0.224. The summed E-state index contributed by atoms with van der Waals surface area (Å²) in [7, 11) is 0. The van der Waals surface area contributed by atoms with Gasteiger partial charge in [0, 0.05) is 38.2 Å². The highest BCUT2D eigenvalue weighted by atomic mass is 16.2. The van der Waals surface area contributed by atoms with E-state index in [2.05, 4.69) is 10.6 Å². The molecule has 3 aromatic carbocycles. The molecular weight excluding hydrogens is 390 g/mol. The van der Waals surface area contributed by atoms with Crippen molar-refractivity contribution in [3.05, 3.63) is 83.9 Å². The number of likely N-dealkylation sites (tertiary alicyclic amines) is 1. The Hall–Kier alpha value is -3.67. The van der Waals surface area contributed by atoms with Crippen LogP contribution >= 0.6 is 0 Å². The van der Waals surface area contributed by atoms with Crippen LogP contribution in [0.15, 0.2) is 72.8 Å². The summed E-state index contributed by atoms with van der Waals surface area (Å²) in [5, 5.41) is 7.75. The molecule has 1 aliphatic heterocycles. The summed E-state index contributed by atoms with van der Waals surface area (Å²) < 4.78 is 0. The van der Waals surface area contributed by atoms with Crippen LogP contribution in [0.1, 0.15) is 22.3 Å². The SMILES string of the molecule is O=C(NCCNC(=O)[C@H]1CC(=O)N(Cc2ccccc2)C1)c1ccc2ccccc2c1. The topological polar surface area (TPSA) is 78.5 Å². The van der Waals surface area contributed by atoms with Gasteiger partial charge in [0.25, 0.3) is 5.91 Å². The van der Waals surface area contributed by atoms with Crippen LogP contribution in [0.3, 0.4) is 0 Å². The first-order valence-electron chi connectivity index (χ1n) is 10.5. The molecule has 0 spiro atoms. The van der Waals surface area contributed by atoms with Crippen molar-refractivity contribution in [1.82, 2.24) is 15.5 Å². The molecule has 0 unspecified atom stereocenters. The number of nitrogens with zero attached hydrogens (tertiary/aromatic N) is 1. The van der Waals surface area contributed by atoms with E-state index < -0.39 is 0 Å². The number of rotatable bonds is 7. The van der Waals surface area contributed by atoms with Crippen molar-refractivity contribution < 1.29 is 14.4 Å². The zero-order chi connectivity index (χ0) is 21.6. The third kappa shape index (κ3) is 5.09. The Balaban J connectivity index is 1.22. The molecule has 0 aromatic heterocycles. The number of hydrogen-bond donors (Lipinski definition) is 2. The standard InChI is InChI=1S/C25H25N3O3/c29-23-15-22(17-28(23)16-18-6-2-1-3-7-18)25(31)27-13-12-26-24(30)21-11-10-19-8-4-5-9-20(19)14-21/h1-11,14,22H,12-13,15-17H2,(H,26,30)(H,27,31)/t22-/m0/s1. The van der Waals surface area contributed by atoms with Crippen molar-refractivity contribution in [3.8, 4) is 0 Å². The van der Waals surface area contributed by atoms with Crippen LogP contribution in [0, 0.1) is 5.92 Å². The van der Waals surface area contributed by atoms with E-state index in [1.54, 1.807) is 11.0 Å². The maximum Gasteiger partial charge on any atom is 0.251 e. The van der Waals surface area contributed by atoms with Gasteiger partial charge in [0.1, 0.15) is 0 Å². The molecule has 4 rings (SSSR count). The van der Waals surface area contributed by atoms with E-state index in [1.165, 1.54) is 0 Å². The number of carbonyl (C=O) groups excluding carboxylic acids is 3. The van der Waals surface area contributed by atoms with E-state index in [9.17, 15) is 14.4 Å². The highest BCUT2D eigenvalue weighted by Gasteiger charge is 2.33.